The number of benzene rings is 1. The summed E-state index contributed by atoms with van der Waals surface area (Å²) in [5.74, 6) is -0.140. The third kappa shape index (κ3) is 7.29. The van der Waals surface area contributed by atoms with E-state index in [0.29, 0.717) is 42.4 Å². The standard InChI is InChI=1S/C32H41FN8O6Si/c1-30(2,3)48-47-31(4,5)25-17-40(29(42)45-25)22-8-9-23(24(33)14-22)21-15-34-27(35-16-21)38-11-7-10-37(12-13-38)19-32(6)20-39-18-26(41(43)44)36-28(39)46-32/h8-9,14-16,18,25H,7,10-13,17,19-20H2,1-6H3. The Morgan fingerprint density at radius 3 is 2.56 bits per heavy atom. The molecule has 1 aromatic carbocycles. The Balaban J connectivity index is 1.05. The molecule has 0 N–H and O–H groups in total. The largest absolute Gasteiger partial charge is 0.441 e. The minimum atomic E-state index is -0.694. The fraction of sp³-hybridized carbons (Fsp3) is 0.562. The van der Waals surface area contributed by atoms with Crippen LogP contribution in [0.5, 0.6) is 6.01 Å². The first-order valence-corrected chi connectivity index (χ1v) is 16.9. The number of nitrogens with zero attached hydrogens (tertiary/aromatic N) is 8. The van der Waals surface area contributed by atoms with Crippen LogP contribution in [0.2, 0.25) is 5.04 Å². The molecule has 0 bridgehead atoms. The number of aromatic nitrogens is 4. The molecule has 0 saturated carbocycles. The van der Waals surface area contributed by atoms with Gasteiger partial charge in [0, 0.05) is 61.2 Å². The first-order chi connectivity index (χ1) is 22.6. The van der Waals surface area contributed by atoms with Gasteiger partial charge in [-0.3, -0.25) is 14.4 Å². The summed E-state index contributed by atoms with van der Waals surface area (Å²) < 4.78 is 34.9. The third-order valence-electron chi connectivity index (χ3n) is 8.61. The molecular formula is C32H41FN8O6Si. The molecule has 1 amide bonds. The number of hydrogen-bond donors (Lipinski definition) is 0. The average Bonchev–Trinajstić information content (AvgIpc) is 3.62. The zero-order valence-corrected chi connectivity index (χ0v) is 29.1. The predicted molar refractivity (Wildman–Crippen MR) is 177 cm³/mol. The summed E-state index contributed by atoms with van der Waals surface area (Å²) in [6.45, 7) is 16.5. The molecular weight excluding hydrogens is 639 g/mol. The normalized spacial score (nSPS) is 22.0. The van der Waals surface area contributed by atoms with Gasteiger partial charge >= 0.3 is 17.9 Å². The zero-order valence-electron chi connectivity index (χ0n) is 28.1. The second-order valence-corrected chi connectivity index (χ2v) is 16.3. The smallest absolute Gasteiger partial charge is 0.415 e. The van der Waals surface area contributed by atoms with Crippen molar-refractivity contribution in [3.63, 3.8) is 0 Å². The van der Waals surface area contributed by atoms with Gasteiger partial charge < -0.3 is 28.9 Å². The van der Waals surface area contributed by atoms with Gasteiger partial charge in [-0.2, -0.15) is 0 Å². The summed E-state index contributed by atoms with van der Waals surface area (Å²) in [5.41, 5.74) is 0.0375. The Labute approximate surface area is 281 Å². The molecule has 3 aliphatic heterocycles. The molecule has 2 saturated heterocycles. The fourth-order valence-corrected chi connectivity index (χ4v) is 6.78. The highest BCUT2D eigenvalue weighted by Gasteiger charge is 2.44. The molecule has 2 radical (unpaired) electrons. The van der Waals surface area contributed by atoms with Crippen molar-refractivity contribution in [2.45, 2.75) is 76.9 Å². The molecule has 6 rings (SSSR count). The topological polar surface area (TPSA) is 141 Å². The lowest BCUT2D eigenvalue weighted by molar-refractivity contribution is -0.389. The predicted octanol–water partition coefficient (Wildman–Crippen LogP) is 4.71. The molecule has 3 aromatic rings. The minimum absolute atomic E-state index is 0.0115. The van der Waals surface area contributed by atoms with E-state index in [1.807, 2.05) is 20.8 Å². The third-order valence-corrected chi connectivity index (χ3v) is 9.85. The first-order valence-electron chi connectivity index (χ1n) is 16.0. The van der Waals surface area contributed by atoms with Crippen LogP contribution in [-0.4, -0.2) is 102 Å². The van der Waals surface area contributed by atoms with Crippen LogP contribution in [-0.2, 0) is 15.7 Å². The number of rotatable bonds is 9. The first kappa shape index (κ1) is 33.7. The van der Waals surface area contributed by atoms with Gasteiger partial charge in [0.2, 0.25) is 15.7 Å². The Morgan fingerprint density at radius 1 is 1.15 bits per heavy atom. The molecule has 2 unspecified atom stereocenters. The van der Waals surface area contributed by atoms with Gasteiger partial charge in [0.15, 0.2) is 0 Å². The van der Waals surface area contributed by atoms with Gasteiger partial charge in [0.1, 0.15) is 23.7 Å². The number of anilines is 2. The average molecular weight is 681 g/mol. The van der Waals surface area contributed by atoms with Gasteiger partial charge in [-0.05, 0) is 55.4 Å². The molecule has 2 atom stereocenters. The molecule has 256 valence electrons. The van der Waals surface area contributed by atoms with Gasteiger partial charge in [-0.15, -0.1) is 0 Å². The second-order valence-electron chi connectivity index (χ2n) is 14.4. The van der Waals surface area contributed by atoms with Gasteiger partial charge in [0.25, 0.3) is 0 Å². The van der Waals surface area contributed by atoms with Gasteiger partial charge in [-0.25, -0.2) is 19.2 Å². The van der Waals surface area contributed by atoms with E-state index < -0.39 is 34.1 Å². The van der Waals surface area contributed by atoms with Crippen LogP contribution < -0.4 is 14.5 Å². The van der Waals surface area contributed by atoms with Crippen LogP contribution in [0, 0.1) is 15.9 Å². The van der Waals surface area contributed by atoms with Gasteiger partial charge in [-0.1, -0.05) is 20.8 Å². The van der Waals surface area contributed by atoms with E-state index in [1.165, 1.54) is 17.2 Å². The van der Waals surface area contributed by atoms with Crippen molar-refractivity contribution < 1.29 is 28.0 Å². The second kappa shape index (κ2) is 12.7. The van der Waals surface area contributed by atoms with E-state index in [-0.39, 0.29) is 33.2 Å². The minimum Gasteiger partial charge on any atom is -0.441 e. The van der Waals surface area contributed by atoms with Crippen LogP contribution in [0.4, 0.5) is 26.6 Å². The summed E-state index contributed by atoms with van der Waals surface area (Å²) >= 11 is 0. The highest BCUT2D eigenvalue weighted by Crippen LogP contribution is 2.34. The van der Waals surface area contributed by atoms with E-state index in [1.54, 1.807) is 29.1 Å². The summed E-state index contributed by atoms with van der Waals surface area (Å²) in [5, 5.41) is 11.0. The van der Waals surface area contributed by atoms with Crippen molar-refractivity contribution in [1.82, 2.24) is 24.4 Å². The summed E-state index contributed by atoms with van der Waals surface area (Å²) in [6.07, 6.45) is 4.50. The summed E-state index contributed by atoms with van der Waals surface area (Å²) in [4.78, 5) is 42.3. The van der Waals surface area contributed by atoms with Gasteiger partial charge in [0.05, 0.1) is 24.4 Å². The van der Waals surface area contributed by atoms with Crippen LogP contribution in [0.15, 0.2) is 36.8 Å². The maximum absolute atomic E-state index is 15.5. The van der Waals surface area contributed by atoms with Crippen LogP contribution >= 0.6 is 0 Å². The Hall–Kier alpha value is -4.15. The summed E-state index contributed by atoms with van der Waals surface area (Å²) in [7, 11) is 0.234. The number of ether oxygens (including phenoxy) is 2. The lowest BCUT2D eigenvalue weighted by atomic mass is 10.0. The number of fused-ring (bicyclic) bond motifs is 1. The number of carbonyl (C=O) groups is 1. The van der Waals surface area contributed by atoms with Crippen molar-refractivity contribution in [2.75, 3.05) is 49.1 Å². The Morgan fingerprint density at radius 2 is 1.90 bits per heavy atom. The monoisotopic (exact) mass is 680 g/mol. The van der Waals surface area contributed by atoms with Crippen LogP contribution in [0.25, 0.3) is 11.1 Å². The Kier molecular flexibility index (Phi) is 8.93. The lowest BCUT2D eigenvalue weighted by Gasteiger charge is -2.32. The number of halogens is 1. The molecule has 2 aromatic heterocycles. The number of carbonyl (C=O) groups excluding carboxylic acids is 1. The van der Waals surface area contributed by atoms with Crippen LogP contribution in [0.1, 0.15) is 48.0 Å². The number of amides is 1. The van der Waals surface area contributed by atoms with E-state index in [0.717, 1.165) is 26.1 Å². The number of cyclic esters (lactones) is 1. The molecule has 48 heavy (non-hydrogen) atoms. The van der Waals surface area contributed by atoms with Crippen molar-refractivity contribution >= 4 is 33.3 Å². The molecule has 16 heteroatoms. The maximum Gasteiger partial charge on any atom is 0.415 e. The molecule has 14 nitrogen and oxygen atoms in total. The van der Waals surface area contributed by atoms with Crippen molar-refractivity contribution in [3.05, 3.63) is 52.7 Å². The number of hydrogen-bond acceptors (Lipinski definition) is 11. The van der Waals surface area contributed by atoms with Crippen molar-refractivity contribution in [3.8, 4) is 17.1 Å². The van der Waals surface area contributed by atoms with Crippen molar-refractivity contribution in [1.29, 1.82) is 0 Å². The van der Waals surface area contributed by atoms with E-state index >= 15 is 4.39 Å². The zero-order chi connectivity index (χ0) is 34.4. The Bertz CT molecular complexity index is 1660. The molecule has 0 aliphatic carbocycles. The molecule has 3 aliphatic rings. The lowest BCUT2D eigenvalue weighted by Crippen LogP contribution is -2.46. The van der Waals surface area contributed by atoms with E-state index in [4.69, 9.17) is 13.9 Å². The number of imidazole rings is 1. The molecule has 5 heterocycles. The van der Waals surface area contributed by atoms with E-state index in [2.05, 4.69) is 45.5 Å². The van der Waals surface area contributed by atoms with E-state index in [9.17, 15) is 14.9 Å². The number of nitro groups is 1. The fourth-order valence-electron chi connectivity index (χ4n) is 6.08. The highest BCUT2D eigenvalue weighted by molar-refractivity contribution is 6.31. The quantitative estimate of drug-likeness (QED) is 0.176. The molecule has 0 spiro atoms. The maximum atomic E-state index is 15.5. The van der Waals surface area contributed by atoms with Crippen molar-refractivity contribution in [2.24, 2.45) is 0 Å². The highest BCUT2D eigenvalue weighted by atomic mass is 28.2. The summed E-state index contributed by atoms with van der Waals surface area (Å²) in [6, 6.07) is 4.94. The molecule has 2 fully saturated rings. The SMILES string of the molecule is CC1(CN2CCCN(c3ncc(-c4ccc(N5CC(C(C)(C)O[Si]C(C)(C)C)OC5=O)cc4F)cn3)CC2)Cn2cc([N+](=O)[O-])nc2O1. The van der Waals surface area contributed by atoms with Crippen LogP contribution in [0.3, 0.4) is 0 Å².